The number of anilines is 2. The van der Waals surface area contributed by atoms with Crippen LogP contribution in [0.4, 0.5) is 15.8 Å². The summed E-state index contributed by atoms with van der Waals surface area (Å²) in [5, 5.41) is 16.1. The Morgan fingerprint density at radius 2 is 2.07 bits per heavy atom. The van der Waals surface area contributed by atoms with Gasteiger partial charge in [0.05, 0.1) is 0 Å². The highest BCUT2D eigenvalue weighted by Crippen LogP contribution is 2.33. The summed E-state index contributed by atoms with van der Waals surface area (Å²) in [6.45, 7) is -0.104. The largest absolute Gasteiger partial charge is 0.372 e. The number of fused-ring (bicyclic) bond motifs is 1. The molecule has 0 radical (unpaired) electrons. The van der Waals surface area contributed by atoms with Gasteiger partial charge in [-0.25, -0.2) is 4.39 Å². The zero-order chi connectivity index (χ0) is 21.5. The summed E-state index contributed by atoms with van der Waals surface area (Å²) in [6.07, 6.45) is 0.803. The zero-order valence-corrected chi connectivity index (χ0v) is 16.6. The molecule has 3 amide bonds. The molecule has 0 aromatic heterocycles. The Hall–Kier alpha value is -2.97. The number of carbonyl (C=O) groups is 3. The van der Waals surface area contributed by atoms with Crippen LogP contribution in [0, 0.1) is 5.82 Å². The van der Waals surface area contributed by atoms with Crippen LogP contribution in [0.15, 0.2) is 36.4 Å². The van der Waals surface area contributed by atoms with Crippen molar-refractivity contribution in [1.82, 2.24) is 5.32 Å². The smallest absolute Gasteiger partial charge is 0.268 e. The minimum atomic E-state index is -2.25. The molecular formula is C21H19ClFN3O4. The average Bonchev–Trinajstić information content (AvgIpc) is 3.03. The number of nitrogens with zero attached hydrogens (tertiary/aromatic N) is 1. The van der Waals surface area contributed by atoms with Gasteiger partial charge in [0.2, 0.25) is 11.5 Å². The summed E-state index contributed by atoms with van der Waals surface area (Å²) in [6, 6.07) is 9.27. The first-order valence-corrected chi connectivity index (χ1v) is 9.86. The van der Waals surface area contributed by atoms with E-state index in [4.69, 9.17) is 11.6 Å². The Kier molecular flexibility index (Phi) is 5.21. The number of hydrogen-bond acceptors (Lipinski definition) is 4. The second-order valence-electron chi connectivity index (χ2n) is 7.34. The van der Waals surface area contributed by atoms with Gasteiger partial charge in [-0.05, 0) is 42.3 Å². The highest BCUT2D eigenvalue weighted by Gasteiger charge is 2.51. The number of rotatable bonds is 4. The van der Waals surface area contributed by atoms with Gasteiger partial charge in [0.25, 0.3) is 11.8 Å². The lowest BCUT2D eigenvalue weighted by Crippen LogP contribution is -2.52. The topological polar surface area (TPSA) is 98.7 Å². The number of aryl methyl sites for hydroxylation is 1. The zero-order valence-electron chi connectivity index (χ0n) is 15.9. The SMILES string of the molecule is O=C1CCc2cc(N3CC[C@](O)(C(=O)NCc4c(F)cccc4Cl)C3=O)ccc2N1. The fourth-order valence-corrected chi connectivity index (χ4v) is 3.95. The summed E-state index contributed by atoms with van der Waals surface area (Å²) in [5.41, 5.74) is -0.0571. The van der Waals surface area contributed by atoms with Crippen LogP contribution < -0.4 is 15.5 Å². The molecule has 2 aromatic carbocycles. The molecule has 156 valence electrons. The van der Waals surface area contributed by atoms with E-state index in [2.05, 4.69) is 10.6 Å². The molecule has 1 fully saturated rings. The van der Waals surface area contributed by atoms with Gasteiger partial charge in [0, 0.05) is 47.9 Å². The highest BCUT2D eigenvalue weighted by atomic mass is 35.5. The fraction of sp³-hybridized carbons (Fsp3) is 0.286. The lowest BCUT2D eigenvalue weighted by atomic mass is 10.0. The van der Waals surface area contributed by atoms with E-state index in [1.54, 1.807) is 18.2 Å². The molecule has 3 N–H and O–H groups in total. The summed E-state index contributed by atoms with van der Waals surface area (Å²) in [7, 11) is 0. The van der Waals surface area contributed by atoms with E-state index in [1.165, 1.54) is 23.1 Å². The third-order valence-electron chi connectivity index (χ3n) is 5.46. The molecular weight excluding hydrogens is 413 g/mol. The van der Waals surface area contributed by atoms with E-state index < -0.39 is 23.2 Å². The van der Waals surface area contributed by atoms with E-state index in [1.807, 2.05) is 0 Å². The van der Waals surface area contributed by atoms with E-state index in [9.17, 15) is 23.9 Å². The molecule has 2 aromatic rings. The molecule has 9 heteroatoms. The molecule has 4 rings (SSSR count). The Bertz CT molecular complexity index is 1040. The Labute approximate surface area is 176 Å². The molecule has 7 nitrogen and oxygen atoms in total. The molecule has 0 spiro atoms. The third kappa shape index (κ3) is 3.53. The molecule has 2 heterocycles. The first-order valence-electron chi connectivity index (χ1n) is 9.48. The van der Waals surface area contributed by atoms with E-state index in [0.29, 0.717) is 24.2 Å². The van der Waals surface area contributed by atoms with Crippen LogP contribution in [0.2, 0.25) is 5.02 Å². The van der Waals surface area contributed by atoms with Gasteiger partial charge >= 0.3 is 0 Å². The maximum atomic E-state index is 13.9. The monoisotopic (exact) mass is 431 g/mol. The van der Waals surface area contributed by atoms with Crippen LogP contribution in [0.1, 0.15) is 24.0 Å². The third-order valence-corrected chi connectivity index (χ3v) is 5.81. The molecule has 30 heavy (non-hydrogen) atoms. The molecule has 0 bridgehead atoms. The van der Waals surface area contributed by atoms with Crippen LogP contribution in [0.5, 0.6) is 0 Å². The number of halogens is 2. The van der Waals surface area contributed by atoms with Gasteiger partial charge in [0.15, 0.2) is 0 Å². The van der Waals surface area contributed by atoms with E-state index >= 15 is 0 Å². The number of hydrogen-bond donors (Lipinski definition) is 3. The van der Waals surface area contributed by atoms with Crippen molar-refractivity contribution >= 4 is 40.7 Å². The van der Waals surface area contributed by atoms with Gasteiger partial charge in [-0.2, -0.15) is 0 Å². The normalized spacial score (nSPS) is 20.7. The van der Waals surface area contributed by atoms with Gasteiger partial charge in [0.1, 0.15) is 5.82 Å². The van der Waals surface area contributed by atoms with Gasteiger partial charge < -0.3 is 20.6 Å². The predicted molar refractivity (Wildman–Crippen MR) is 109 cm³/mol. The molecule has 0 aliphatic carbocycles. The lowest BCUT2D eigenvalue weighted by Gasteiger charge is -2.24. The number of amides is 3. The summed E-state index contributed by atoms with van der Waals surface area (Å²) >= 11 is 5.95. The van der Waals surface area contributed by atoms with Crippen molar-refractivity contribution in [3.05, 3.63) is 58.4 Å². The van der Waals surface area contributed by atoms with Gasteiger partial charge in [-0.1, -0.05) is 17.7 Å². The molecule has 1 saturated heterocycles. The molecule has 0 saturated carbocycles. The Balaban J connectivity index is 1.49. The van der Waals surface area contributed by atoms with Crippen LogP contribution >= 0.6 is 11.6 Å². The maximum Gasteiger partial charge on any atom is 0.268 e. The van der Waals surface area contributed by atoms with Crippen molar-refractivity contribution < 1.29 is 23.9 Å². The maximum absolute atomic E-state index is 13.9. The number of aliphatic hydroxyl groups is 1. The lowest BCUT2D eigenvalue weighted by molar-refractivity contribution is -0.149. The van der Waals surface area contributed by atoms with Crippen molar-refractivity contribution in [2.24, 2.45) is 0 Å². The Morgan fingerprint density at radius 1 is 1.27 bits per heavy atom. The van der Waals surface area contributed by atoms with Crippen LogP contribution in [0.3, 0.4) is 0 Å². The fourth-order valence-electron chi connectivity index (χ4n) is 3.72. The minimum Gasteiger partial charge on any atom is -0.372 e. The number of carbonyl (C=O) groups excluding carboxylic acids is 3. The molecule has 0 unspecified atom stereocenters. The average molecular weight is 432 g/mol. The summed E-state index contributed by atoms with van der Waals surface area (Å²) < 4.78 is 13.9. The first kappa shape index (κ1) is 20.3. The van der Waals surface area contributed by atoms with E-state index in [-0.39, 0.29) is 36.0 Å². The van der Waals surface area contributed by atoms with Crippen molar-refractivity contribution in [2.75, 3.05) is 16.8 Å². The van der Waals surface area contributed by atoms with Crippen molar-refractivity contribution in [3.63, 3.8) is 0 Å². The highest BCUT2D eigenvalue weighted by molar-refractivity contribution is 6.31. The van der Waals surface area contributed by atoms with Crippen molar-refractivity contribution in [3.8, 4) is 0 Å². The Morgan fingerprint density at radius 3 is 2.83 bits per heavy atom. The second kappa shape index (κ2) is 7.70. The van der Waals surface area contributed by atoms with Crippen molar-refractivity contribution in [2.45, 2.75) is 31.4 Å². The quantitative estimate of drug-likeness (QED) is 0.646. The van der Waals surface area contributed by atoms with Crippen molar-refractivity contribution in [1.29, 1.82) is 0 Å². The second-order valence-corrected chi connectivity index (χ2v) is 7.75. The van der Waals surface area contributed by atoms with Crippen LogP contribution in [-0.4, -0.2) is 35.0 Å². The molecule has 1 atom stereocenters. The van der Waals surface area contributed by atoms with Crippen LogP contribution in [-0.2, 0) is 27.3 Å². The standard InChI is InChI=1S/C21H19ClFN3O4/c22-15-2-1-3-16(23)14(15)11-24-19(28)21(30)8-9-26(20(21)29)13-5-6-17-12(10-13)4-7-18(27)25-17/h1-3,5-6,10,30H,4,7-9,11H2,(H,24,28)(H,25,27)/t21-/m0/s1. The summed E-state index contributed by atoms with van der Waals surface area (Å²) in [4.78, 5) is 38.3. The predicted octanol–water partition coefficient (Wildman–Crippen LogP) is 2.15. The first-order chi connectivity index (χ1) is 14.3. The van der Waals surface area contributed by atoms with Gasteiger partial charge in [-0.15, -0.1) is 0 Å². The minimum absolute atomic E-state index is 0.0616. The summed E-state index contributed by atoms with van der Waals surface area (Å²) in [5.74, 6) is -2.30. The number of nitrogens with one attached hydrogen (secondary N) is 2. The van der Waals surface area contributed by atoms with Gasteiger partial charge in [-0.3, -0.25) is 14.4 Å². The molecule has 2 aliphatic rings. The van der Waals surface area contributed by atoms with Crippen LogP contribution in [0.25, 0.3) is 0 Å². The molecule has 2 aliphatic heterocycles. The van der Waals surface area contributed by atoms with E-state index in [0.717, 1.165) is 5.56 Å². The number of benzene rings is 2.